The fraction of sp³-hybridized carbons (Fsp3) is 0.318. The summed E-state index contributed by atoms with van der Waals surface area (Å²) in [4.78, 5) is 18.6. The van der Waals surface area contributed by atoms with Gasteiger partial charge >= 0.3 is 0 Å². The molecule has 0 spiro atoms. The third-order valence-electron chi connectivity index (χ3n) is 4.75. The number of hydrogen-bond acceptors (Lipinski definition) is 5. The molecular formula is C22H24N4O2. The summed E-state index contributed by atoms with van der Waals surface area (Å²) in [5.41, 5.74) is 1.58. The number of nitrogens with one attached hydrogen (secondary N) is 1. The first-order valence-corrected chi connectivity index (χ1v) is 9.18. The van der Waals surface area contributed by atoms with Gasteiger partial charge in [-0.2, -0.15) is 5.26 Å². The van der Waals surface area contributed by atoms with Gasteiger partial charge in [0, 0.05) is 6.07 Å². The molecule has 6 nitrogen and oxygen atoms in total. The predicted molar refractivity (Wildman–Crippen MR) is 108 cm³/mol. The number of hydrogen-bond donors (Lipinski definition) is 1. The monoisotopic (exact) mass is 376 g/mol. The molecule has 1 aliphatic heterocycles. The lowest BCUT2D eigenvalue weighted by atomic mass is 9.98. The van der Waals surface area contributed by atoms with Gasteiger partial charge < -0.3 is 4.74 Å². The first-order valence-electron chi connectivity index (χ1n) is 9.18. The molecule has 1 aromatic heterocycles. The van der Waals surface area contributed by atoms with E-state index in [2.05, 4.69) is 22.9 Å². The van der Waals surface area contributed by atoms with Gasteiger partial charge in [0.2, 0.25) is 11.8 Å². The minimum absolute atomic E-state index is 0.0402. The maximum atomic E-state index is 12.7. The Kier molecular flexibility index (Phi) is 5.21. The zero-order valence-electron chi connectivity index (χ0n) is 16.6. The Hall–Kier alpha value is -3.17. The van der Waals surface area contributed by atoms with Crippen LogP contribution in [0.5, 0.6) is 11.6 Å². The van der Waals surface area contributed by atoms with Crippen LogP contribution in [0.3, 0.4) is 0 Å². The van der Waals surface area contributed by atoms with Gasteiger partial charge in [-0.3, -0.25) is 15.0 Å². The van der Waals surface area contributed by atoms with E-state index in [9.17, 15) is 10.1 Å². The number of benzene rings is 1. The third kappa shape index (κ3) is 3.62. The zero-order valence-corrected chi connectivity index (χ0v) is 16.6. The molecule has 2 aromatic rings. The topological polar surface area (TPSA) is 78.3 Å². The normalized spacial score (nSPS) is 18.2. The van der Waals surface area contributed by atoms with Gasteiger partial charge in [0.1, 0.15) is 11.9 Å². The second-order valence-corrected chi connectivity index (χ2v) is 7.60. The summed E-state index contributed by atoms with van der Waals surface area (Å²) in [7, 11) is 0. The molecule has 0 bridgehead atoms. The number of anilines is 1. The van der Waals surface area contributed by atoms with Crippen molar-refractivity contribution in [2.45, 2.75) is 45.3 Å². The Labute approximate surface area is 165 Å². The van der Waals surface area contributed by atoms with Gasteiger partial charge in [-0.15, -0.1) is 0 Å². The number of aromatic nitrogens is 1. The number of ether oxygens (including phenoxy) is 1. The Bertz CT molecular complexity index is 942. The van der Waals surface area contributed by atoms with E-state index in [4.69, 9.17) is 4.74 Å². The van der Waals surface area contributed by atoms with Crippen LogP contribution in [0.15, 0.2) is 49.2 Å². The highest BCUT2D eigenvalue weighted by molar-refractivity contribution is 6.02. The predicted octanol–water partition coefficient (Wildman–Crippen LogP) is 4.10. The fourth-order valence-electron chi connectivity index (χ4n) is 3.25. The van der Waals surface area contributed by atoms with Crippen LogP contribution in [0.25, 0.3) is 0 Å². The van der Waals surface area contributed by atoms with Crippen molar-refractivity contribution in [2.75, 3.05) is 4.90 Å². The maximum absolute atomic E-state index is 12.7. The Morgan fingerprint density at radius 3 is 2.68 bits per heavy atom. The number of pyridine rings is 1. The number of carbonyl (C=O) groups is 1. The van der Waals surface area contributed by atoms with Crippen molar-refractivity contribution in [2.24, 2.45) is 0 Å². The molecule has 1 aromatic carbocycles. The van der Waals surface area contributed by atoms with Crippen LogP contribution in [0.4, 0.5) is 5.69 Å². The SMILES string of the molecule is C=CC1NC(C)(C)C(=O)N1c1ccc(Oc2ccc(C#N)c(C(C)C)c2)nc1. The van der Waals surface area contributed by atoms with Crippen LogP contribution >= 0.6 is 0 Å². The number of nitriles is 1. The van der Waals surface area contributed by atoms with E-state index in [0.717, 1.165) is 5.56 Å². The number of amides is 1. The van der Waals surface area contributed by atoms with Gasteiger partial charge in [-0.25, -0.2) is 4.98 Å². The molecule has 1 fully saturated rings. The first-order chi connectivity index (χ1) is 13.3. The summed E-state index contributed by atoms with van der Waals surface area (Å²) in [5.74, 6) is 1.20. The molecule has 6 heteroatoms. The number of rotatable bonds is 5. The molecular weight excluding hydrogens is 352 g/mol. The largest absolute Gasteiger partial charge is 0.439 e. The van der Waals surface area contributed by atoms with Crippen molar-refractivity contribution in [3.05, 3.63) is 60.3 Å². The molecule has 0 saturated carbocycles. The Morgan fingerprint density at radius 1 is 1.36 bits per heavy atom. The molecule has 28 heavy (non-hydrogen) atoms. The van der Waals surface area contributed by atoms with Gasteiger partial charge in [0.25, 0.3) is 0 Å². The Morgan fingerprint density at radius 2 is 2.11 bits per heavy atom. The van der Waals surface area contributed by atoms with E-state index in [1.807, 2.05) is 33.8 Å². The van der Waals surface area contributed by atoms with Crippen LogP contribution in [-0.4, -0.2) is 22.6 Å². The molecule has 3 rings (SSSR count). The summed E-state index contributed by atoms with van der Waals surface area (Å²) in [6, 6.07) is 11.1. The van der Waals surface area contributed by atoms with Gasteiger partial charge in [0.05, 0.1) is 29.1 Å². The van der Waals surface area contributed by atoms with Crippen LogP contribution in [0.1, 0.15) is 44.7 Å². The van der Waals surface area contributed by atoms with E-state index in [0.29, 0.717) is 22.9 Å². The molecule has 1 N–H and O–H groups in total. The van der Waals surface area contributed by atoms with E-state index in [-0.39, 0.29) is 18.0 Å². The average Bonchev–Trinajstić information content (AvgIpc) is 2.91. The third-order valence-corrected chi connectivity index (χ3v) is 4.75. The standard InChI is InChI=1S/C22H24N4O2/c1-6-19-25-22(4,5)21(27)26(19)16-8-10-20(24-13-16)28-17-9-7-15(12-23)18(11-17)14(2)3/h6-11,13-14,19,25H,1H2,2-5H3. The zero-order chi connectivity index (χ0) is 20.5. The molecule has 1 amide bonds. The summed E-state index contributed by atoms with van der Waals surface area (Å²) in [5, 5.41) is 12.5. The molecule has 1 atom stereocenters. The van der Waals surface area contributed by atoms with Gasteiger partial charge in [0.15, 0.2) is 0 Å². The quantitative estimate of drug-likeness (QED) is 0.795. The molecule has 0 aliphatic carbocycles. The van der Waals surface area contributed by atoms with Crippen molar-refractivity contribution >= 4 is 11.6 Å². The van der Waals surface area contributed by atoms with Crippen molar-refractivity contribution < 1.29 is 9.53 Å². The first kappa shape index (κ1) is 19.6. The van der Waals surface area contributed by atoms with Crippen LogP contribution in [0, 0.1) is 11.3 Å². The van der Waals surface area contributed by atoms with Crippen LogP contribution < -0.4 is 15.0 Å². The second-order valence-electron chi connectivity index (χ2n) is 7.60. The van der Waals surface area contributed by atoms with Crippen molar-refractivity contribution in [1.82, 2.24) is 10.3 Å². The van der Waals surface area contributed by atoms with Crippen LogP contribution in [0.2, 0.25) is 0 Å². The summed E-state index contributed by atoms with van der Waals surface area (Å²) in [6.45, 7) is 11.6. The van der Waals surface area contributed by atoms with Crippen molar-refractivity contribution in [3.63, 3.8) is 0 Å². The van der Waals surface area contributed by atoms with E-state index < -0.39 is 5.54 Å². The molecule has 144 valence electrons. The summed E-state index contributed by atoms with van der Waals surface area (Å²) >= 11 is 0. The van der Waals surface area contributed by atoms with E-state index in [1.54, 1.807) is 41.4 Å². The summed E-state index contributed by atoms with van der Waals surface area (Å²) < 4.78 is 5.85. The smallest absolute Gasteiger partial charge is 0.248 e. The molecule has 2 heterocycles. The molecule has 1 unspecified atom stereocenters. The lowest BCUT2D eigenvalue weighted by molar-refractivity contribution is -0.121. The fourth-order valence-corrected chi connectivity index (χ4v) is 3.25. The van der Waals surface area contributed by atoms with Gasteiger partial charge in [-0.1, -0.05) is 26.5 Å². The molecule has 0 radical (unpaired) electrons. The minimum atomic E-state index is -0.663. The second kappa shape index (κ2) is 7.45. The Balaban J connectivity index is 1.82. The van der Waals surface area contributed by atoms with E-state index >= 15 is 0 Å². The lowest BCUT2D eigenvalue weighted by Gasteiger charge is -2.21. The van der Waals surface area contributed by atoms with Crippen molar-refractivity contribution in [3.8, 4) is 17.7 Å². The molecule has 1 saturated heterocycles. The lowest BCUT2D eigenvalue weighted by Crippen LogP contribution is -2.40. The number of carbonyl (C=O) groups excluding carboxylic acids is 1. The summed E-state index contributed by atoms with van der Waals surface area (Å²) in [6.07, 6.45) is 3.02. The van der Waals surface area contributed by atoms with Gasteiger partial charge in [-0.05, 0) is 49.6 Å². The van der Waals surface area contributed by atoms with Crippen LogP contribution in [-0.2, 0) is 4.79 Å². The highest BCUT2D eigenvalue weighted by Gasteiger charge is 2.44. The maximum Gasteiger partial charge on any atom is 0.248 e. The average molecular weight is 376 g/mol. The number of nitrogens with zero attached hydrogens (tertiary/aromatic N) is 3. The highest BCUT2D eigenvalue weighted by atomic mass is 16.5. The van der Waals surface area contributed by atoms with E-state index in [1.165, 1.54) is 0 Å². The minimum Gasteiger partial charge on any atom is -0.439 e. The molecule has 1 aliphatic rings. The highest BCUT2D eigenvalue weighted by Crippen LogP contribution is 2.30. The van der Waals surface area contributed by atoms with Crippen molar-refractivity contribution in [1.29, 1.82) is 5.26 Å².